The molecule has 134 valence electrons. The van der Waals surface area contributed by atoms with E-state index >= 15 is 0 Å². The predicted molar refractivity (Wildman–Crippen MR) is 105 cm³/mol. The number of aryl methyl sites for hydroxylation is 2. The Balaban J connectivity index is 1.65. The van der Waals surface area contributed by atoms with Crippen LogP contribution in [0.2, 0.25) is 0 Å². The van der Waals surface area contributed by atoms with Gasteiger partial charge in [-0.1, -0.05) is 12.1 Å². The molecule has 0 spiro atoms. The summed E-state index contributed by atoms with van der Waals surface area (Å²) in [6.07, 6.45) is 5.53. The maximum Gasteiger partial charge on any atom is 0.263 e. The monoisotopic (exact) mass is 358 g/mol. The van der Waals surface area contributed by atoms with E-state index in [1.54, 1.807) is 25.4 Å². The molecule has 1 aromatic carbocycles. The highest BCUT2D eigenvalue weighted by molar-refractivity contribution is 6.04. The van der Waals surface area contributed by atoms with E-state index in [-0.39, 0.29) is 11.1 Å². The van der Waals surface area contributed by atoms with Gasteiger partial charge in [0.15, 0.2) is 0 Å². The first kappa shape index (κ1) is 16.8. The summed E-state index contributed by atoms with van der Waals surface area (Å²) in [6, 6.07) is 14.6. The van der Waals surface area contributed by atoms with Gasteiger partial charge in [0.2, 0.25) is 0 Å². The first-order valence-corrected chi connectivity index (χ1v) is 8.54. The molecule has 27 heavy (non-hydrogen) atoms. The number of amides is 1. The number of carbonyl (C=O) groups excluding carboxylic acids is 1. The first-order valence-electron chi connectivity index (χ1n) is 8.54. The molecule has 3 heterocycles. The van der Waals surface area contributed by atoms with Crippen LogP contribution in [0.15, 0.2) is 71.9 Å². The van der Waals surface area contributed by atoms with Crippen LogP contribution in [0.5, 0.6) is 0 Å². The van der Waals surface area contributed by atoms with Gasteiger partial charge in [0.1, 0.15) is 11.2 Å². The fourth-order valence-electron chi connectivity index (χ4n) is 2.95. The largest absolute Gasteiger partial charge is 0.322 e. The van der Waals surface area contributed by atoms with Gasteiger partial charge < -0.3 is 14.3 Å². The number of hydrogen-bond donors (Lipinski definition) is 1. The highest BCUT2D eigenvalue weighted by Gasteiger charge is 2.12. The molecular weight excluding hydrogens is 340 g/mol. The lowest BCUT2D eigenvalue weighted by Crippen LogP contribution is -2.26. The molecule has 0 aliphatic carbocycles. The van der Waals surface area contributed by atoms with Gasteiger partial charge in [-0.05, 0) is 48.9 Å². The molecule has 1 amide bonds. The van der Waals surface area contributed by atoms with Crippen molar-refractivity contribution in [3.8, 4) is 11.3 Å². The van der Waals surface area contributed by atoms with Gasteiger partial charge >= 0.3 is 0 Å². The number of rotatable bonds is 3. The molecule has 0 fully saturated rings. The summed E-state index contributed by atoms with van der Waals surface area (Å²) < 4.78 is 3.34. The Hall–Kier alpha value is -3.67. The molecule has 6 heteroatoms. The third-order valence-electron chi connectivity index (χ3n) is 4.40. The average Bonchev–Trinajstić information content (AvgIpc) is 3.07. The zero-order valence-electron chi connectivity index (χ0n) is 15.0. The van der Waals surface area contributed by atoms with Crippen LogP contribution in [0.25, 0.3) is 16.9 Å². The lowest BCUT2D eigenvalue weighted by Gasteiger charge is -2.07. The number of pyridine rings is 2. The fraction of sp³-hybridized carbons (Fsp3) is 0.0952. The number of anilines is 1. The molecule has 0 radical (unpaired) electrons. The minimum absolute atomic E-state index is 0.105. The third-order valence-corrected chi connectivity index (χ3v) is 4.40. The lowest BCUT2D eigenvalue weighted by molar-refractivity contribution is 0.102. The van der Waals surface area contributed by atoms with Gasteiger partial charge in [-0.3, -0.25) is 9.59 Å². The molecule has 0 aliphatic rings. The number of nitrogens with one attached hydrogen (secondary N) is 1. The zero-order valence-corrected chi connectivity index (χ0v) is 15.0. The van der Waals surface area contributed by atoms with Crippen LogP contribution in [0.3, 0.4) is 0 Å². The van der Waals surface area contributed by atoms with Gasteiger partial charge in [0, 0.05) is 36.9 Å². The topological polar surface area (TPSA) is 68.4 Å². The number of imidazole rings is 1. The molecule has 0 unspecified atom stereocenters. The highest BCUT2D eigenvalue weighted by atomic mass is 16.2. The standard InChI is InChI=1S/C21H18N4O2/c1-14-8-10-25-13-18(23-19(25)11-14)15-5-3-6-16(12-15)22-20(26)17-7-4-9-24(2)21(17)27/h3-13H,1-2H3,(H,22,26). The SMILES string of the molecule is Cc1ccn2cc(-c3cccc(NC(=O)c4cccn(C)c4=O)c3)nc2c1. The van der Waals surface area contributed by atoms with E-state index in [9.17, 15) is 9.59 Å². The summed E-state index contributed by atoms with van der Waals surface area (Å²) in [5.41, 5.74) is 4.09. The van der Waals surface area contributed by atoms with Crippen molar-refractivity contribution < 1.29 is 4.79 Å². The molecule has 1 N–H and O–H groups in total. The number of benzene rings is 1. The summed E-state index contributed by atoms with van der Waals surface area (Å²) in [5.74, 6) is -0.432. The molecule has 0 bridgehead atoms. The van der Waals surface area contributed by atoms with Crippen LogP contribution in [-0.4, -0.2) is 19.9 Å². The smallest absolute Gasteiger partial charge is 0.263 e. The molecule has 0 saturated carbocycles. The van der Waals surface area contributed by atoms with Crippen LogP contribution in [-0.2, 0) is 7.05 Å². The Morgan fingerprint density at radius 3 is 2.78 bits per heavy atom. The molecule has 4 aromatic rings. The van der Waals surface area contributed by atoms with Crippen molar-refractivity contribution in [3.63, 3.8) is 0 Å². The van der Waals surface area contributed by atoms with Crippen molar-refractivity contribution >= 4 is 17.2 Å². The maximum absolute atomic E-state index is 12.5. The quantitative estimate of drug-likeness (QED) is 0.611. The number of aromatic nitrogens is 3. The summed E-state index contributed by atoms with van der Waals surface area (Å²) in [7, 11) is 1.62. The van der Waals surface area contributed by atoms with Crippen LogP contribution in [0.1, 0.15) is 15.9 Å². The van der Waals surface area contributed by atoms with Gasteiger partial charge in [0.05, 0.1) is 5.69 Å². The molecule has 4 rings (SSSR count). The minimum Gasteiger partial charge on any atom is -0.322 e. The van der Waals surface area contributed by atoms with Crippen LogP contribution in [0, 0.1) is 6.92 Å². The van der Waals surface area contributed by atoms with Crippen LogP contribution >= 0.6 is 0 Å². The van der Waals surface area contributed by atoms with Crippen molar-refractivity contribution in [1.82, 2.24) is 14.0 Å². The Labute approximate surface area is 155 Å². The normalized spacial score (nSPS) is 10.9. The van der Waals surface area contributed by atoms with Crippen molar-refractivity contribution in [2.24, 2.45) is 7.05 Å². The van der Waals surface area contributed by atoms with E-state index in [0.717, 1.165) is 22.5 Å². The van der Waals surface area contributed by atoms with Crippen LogP contribution in [0.4, 0.5) is 5.69 Å². The van der Waals surface area contributed by atoms with Crippen molar-refractivity contribution in [1.29, 1.82) is 0 Å². The summed E-state index contributed by atoms with van der Waals surface area (Å²) >= 11 is 0. The number of nitrogens with zero attached hydrogens (tertiary/aromatic N) is 3. The maximum atomic E-state index is 12.5. The second kappa shape index (κ2) is 6.57. The van der Waals surface area contributed by atoms with Gasteiger partial charge in [-0.25, -0.2) is 4.98 Å². The summed E-state index contributed by atoms with van der Waals surface area (Å²) in [6.45, 7) is 2.03. The fourth-order valence-corrected chi connectivity index (χ4v) is 2.95. The number of hydrogen-bond acceptors (Lipinski definition) is 3. The van der Waals surface area contributed by atoms with Crippen molar-refractivity contribution in [2.45, 2.75) is 6.92 Å². The average molecular weight is 358 g/mol. The Kier molecular flexibility index (Phi) is 4.08. The van der Waals surface area contributed by atoms with E-state index in [2.05, 4.69) is 10.3 Å². The third kappa shape index (κ3) is 3.25. The highest BCUT2D eigenvalue weighted by Crippen LogP contribution is 2.23. The molecular formula is C21H18N4O2. The molecule has 6 nitrogen and oxygen atoms in total. The Bertz CT molecular complexity index is 1220. The molecule has 0 saturated heterocycles. The van der Waals surface area contributed by atoms with E-state index < -0.39 is 5.91 Å². The van der Waals surface area contributed by atoms with Crippen LogP contribution < -0.4 is 10.9 Å². The van der Waals surface area contributed by atoms with E-state index in [0.29, 0.717) is 5.69 Å². The number of carbonyl (C=O) groups is 1. The predicted octanol–water partition coefficient (Wildman–Crippen LogP) is 3.26. The van der Waals surface area contributed by atoms with Gasteiger partial charge in [0.25, 0.3) is 11.5 Å². The molecule has 0 aliphatic heterocycles. The van der Waals surface area contributed by atoms with Crippen molar-refractivity contribution in [3.05, 3.63) is 88.6 Å². The van der Waals surface area contributed by atoms with E-state index in [4.69, 9.17) is 0 Å². The minimum atomic E-state index is -0.432. The molecule has 3 aromatic heterocycles. The Morgan fingerprint density at radius 1 is 1.07 bits per heavy atom. The van der Waals surface area contributed by atoms with Gasteiger partial charge in [-0.15, -0.1) is 0 Å². The van der Waals surface area contributed by atoms with E-state index in [1.165, 1.54) is 10.6 Å². The molecule has 0 atom stereocenters. The Morgan fingerprint density at radius 2 is 1.93 bits per heavy atom. The van der Waals surface area contributed by atoms with Crippen molar-refractivity contribution in [2.75, 3.05) is 5.32 Å². The number of fused-ring (bicyclic) bond motifs is 1. The van der Waals surface area contributed by atoms with Gasteiger partial charge in [-0.2, -0.15) is 0 Å². The summed E-state index contributed by atoms with van der Waals surface area (Å²) in [5, 5.41) is 2.79. The second-order valence-corrected chi connectivity index (χ2v) is 6.47. The van der Waals surface area contributed by atoms with E-state index in [1.807, 2.05) is 54.0 Å². The lowest BCUT2D eigenvalue weighted by atomic mass is 10.1. The first-order chi connectivity index (χ1) is 13.0. The zero-order chi connectivity index (χ0) is 19.0. The summed E-state index contributed by atoms with van der Waals surface area (Å²) in [4.78, 5) is 29.2. The second-order valence-electron chi connectivity index (χ2n) is 6.47.